The van der Waals surface area contributed by atoms with Gasteiger partial charge < -0.3 is 4.74 Å². The van der Waals surface area contributed by atoms with Crippen LogP contribution in [-0.4, -0.2) is 23.8 Å². The van der Waals surface area contributed by atoms with Crippen LogP contribution in [0.15, 0.2) is 35.5 Å². The zero-order chi connectivity index (χ0) is 17.8. The number of rotatable bonds is 5. The van der Waals surface area contributed by atoms with Crippen LogP contribution in [0.2, 0.25) is 0 Å². The maximum atomic E-state index is 12.9. The minimum atomic E-state index is -3.73. The predicted molar refractivity (Wildman–Crippen MR) is 95.3 cm³/mol. The maximum Gasteiger partial charge on any atom is 0.265 e. The predicted octanol–water partition coefficient (Wildman–Crippen LogP) is 3.37. The lowest BCUT2D eigenvalue weighted by atomic mass is 10.0. The first kappa shape index (κ1) is 16.4. The number of nitrogens with zero attached hydrogens (tertiary/aromatic N) is 2. The van der Waals surface area contributed by atoms with Gasteiger partial charge in [0.05, 0.1) is 17.9 Å². The van der Waals surface area contributed by atoms with Crippen molar-refractivity contribution >= 4 is 15.7 Å². The molecule has 2 aromatic rings. The van der Waals surface area contributed by atoms with E-state index in [0.717, 1.165) is 5.56 Å². The number of anilines is 1. The summed E-state index contributed by atoms with van der Waals surface area (Å²) in [5.41, 5.74) is 1.01. The van der Waals surface area contributed by atoms with Gasteiger partial charge in [0.2, 0.25) is 0 Å². The maximum absolute atomic E-state index is 12.9. The Morgan fingerprint density at radius 1 is 1.36 bits per heavy atom. The van der Waals surface area contributed by atoms with E-state index in [4.69, 9.17) is 4.74 Å². The number of hydrogen-bond donors (Lipinski definition) is 1. The fourth-order valence-electron chi connectivity index (χ4n) is 3.42. The quantitative estimate of drug-likeness (QED) is 0.886. The molecule has 134 valence electrons. The number of aromatic nitrogens is 2. The third-order valence-corrected chi connectivity index (χ3v) is 6.32. The molecule has 0 saturated heterocycles. The molecular weight excluding hydrogens is 338 g/mol. The fourth-order valence-corrected chi connectivity index (χ4v) is 4.62. The second-order valence-corrected chi connectivity index (χ2v) is 9.33. The Labute approximate surface area is 148 Å². The monoisotopic (exact) mass is 361 g/mol. The molecular formula is C18H23N3O3S. The first-order chi connectivity index (χ1) is 11.8. The largest absolute Gasteiger partial charge is 0.486 e. The van der Waals surface area contributed by atoms with Crippen molar-refractivity contribution in [3.05, 3.63) is 36.2 Å². The summed E-state index contributed by atoms with van der Waals surface area (Å²) in [5.74, 6) is 1.11. The molecule has 1 fully saturated rings. The Balaban J connectivity index is 1.60. The van der Waals surface area contributed by atoms with Gasteiger partial charge in [0, 0.05) is 12.6 Å². The van der Waals surface area contributed by atoms with Gasteiger partial charge in [-0.05, 0) is 51.2 Å². The van der Waals surface area contributed by atoms with Crippen LogP contribution in [0.1, 0.15) is 45.2 Å². The van der Waals surface area contributed by atoms with E-state index >= 15 is 0 Å². The van der Waals surface area contributed by atoms with Gasteiger partial charge in [-0.2, -0.15) is 5.10 Å². The van der Waals surface area contributed by atoms with E-state index in [1.54, 1.807) is 24.5 Å². The Morgan fingerprint density at radius 3 is 2.84 bits per heavy atom. The summed E-state index contributed by atoms with van der Waals surface area (Å²) in [5, 5.41) is 4.31. The molecule has 7 heteroatoms. The zero-order valence-corrected chi connectivity index (χ0v) is 15.5. The van der Waals surface area contributed by atoms with Crippen LogP contribution in [0, 0.1) is 5.92 Å². The summed E-state index contributed by atoms with van der Waals surface area (Å²) in [6, 6.07) is 5.55. The first-order valence-electron chi connectivity index (χ1n) is 8.63. The molecule has 2 heterocycles. The molecule has 1 aliphatic carbocycles. The molecule has 1 N–H and O–H groups in total. The van der Waals surface area contributed by atoms with Crippen LogP contribution < -0.4 is 9.46 Å². The van der Waals surface area contributed by atoms with Crippen LogP contribution >= 0.6 is 0 Å². The summed E-state index contributed by atoms with van der Waals surface area (Å²) in [7, 11) is -3.73. The highest BCUT2D eigenvalue weighted by molar-refractivity contribution is 7.92. The molecule has 0 radical (unpaired) electrons. The lowest BCUT2D eigenvalue weighted by Crippen LogP contribution is -2.25. The molecule has 1 aromatic heterocycles. The Hall–Kier alpha value is -2.02. The second-order valence-electron chi connectivity index (χ2n) is 7.68. The van der Waals surface area contributed by atoms with Crippen molar-refractivity contribution in [2.45, 2.75) is 56.6 Å². The van der Waals surface area contributed by atoms with E-state index in [1.165, 1.54) is 12.8 Å². The average molecular weight is 361 g/mol. The van der Waals surface area contributed by atoms with Gasteiger partial charge in [-0.25, -0.2) is 8.42 Å². The number of ether oxygens (including phenoxy) is 1. The van der Waals surface area contributed by atoms with E-state index in [1.807, 2.05) is 24.6 Å². The van der Waals surface area contributed by atoms with Gasteiger partial charge in [-0.3, -0.25) is 9.40 Å². The van der Waals surface area contributed by atoms with Crippen LogP contribution in [-0.2, 0) is 16.4 Å². The number of nitrogens with one attached hydrogen (secondary N) is 1. The molecule has 25 heavy (non-hydrogen) atoms. The topological polar surface area (TPSA) is 73.2 Å². The van der Waals surface area contributed by atoms with Gasteiger partial charge in [0.15, 0.2) is 0 Å². The van der Waals surface area contributed by atoms with Crippen molar-refractivity contribution in [3.63, 3.8) is 0 Å². The van der Waals surface area contributed by atoms with Crippen LogP contribution in [0.25, 0.3) is 0 Å². The number of fused-ring (bicyclic) bond motifs is 1. The molecule has 1 aromatic carbocycles. The molecule has 0 bridgehead atoms. The summed E-state index contributed by atoms with van der Waals surface area (Å²) < 4.78 is 36.1. The fraction of sp³-hybridized carbons (Fsp3) is 0.500. The van der Waals surface area contributed by atoms with E-state index in [9.17, 15) is 8.42 Å². The Bertz CT molecular complexity index is 913. The Morgan fingerprint density at radius 2 is 2.12 bits per heavy atom. The number of sulfonamides is 1. The lowest BCUT2D eigenvalue weighted by molar-refractivity contribution is 0.135. The summed E-state index contributed by atoms with van der Waals surface area (Å²) >= 11 is 0. The summed E-state index contributed by atoms with van der Waals surface area (Å²) in [6.45, 7) is 6.03. The van der Waals surface area contributed by atoms with Gasteiger partial charge in [-0.15, -0.1) is 0 Å². The summed E-state index contributed by atoms with van der Waals surface area (Å²) in [6.07, 6.45) is 6.44. The van der Waals surface area contributed by atoms with E-state index in [2.05, 4.69) is 16.7 Å². The normalized spacial score (nSPS) is 20.0. The van der Waals surface area contributed by atoms with E-state index in [0.29, 0.717) is 29.8 Å². The highest BCUT2D eigenvalue weighted by Gasteiger charge is 2.35. The van der Waals surface area contributed by atoms with Crippen LogP contribution in [0.4, 0.5) is 5.69 Å². The molecule has 1 saturated carbocycles. The molecule has 1 atom stereocenters. The molecule has 1 aliphatic heterocycles. The number of para-hydroxylation sites is 1. The Kier molecular flexibility index (Phi) is 3.61. The van der Waals surface area contributed by atoms with Crippen molar-refractivity contribution in [3.8, 4) is 5.75 Å². The van der Waals surface area contributed by atoms with E-state index in [-0.39, 0.29) is 4.90 Å². The first-order valence-corrected chi connectivity index (χ1v) is 10.1. The molecule has 0 amide bonds. The highest BCUT2D eigenvalue weighted by atomic mass is 32.2. The van der Waals surface area contributed by atoms with Gasteiger partial charge in [-0.1, -0.05) is 12.1 Å². The van der Waals surface area contributed by atoms with Crippen molar-refractivity contribution < 1.29 is 13.2 Å². The zero-order valence-electron chi connectivity index (χ0n) is 14.7. The van der Waals surface area contributed by atoms with Crippen molar-refractivity contribution in [1.29, 1.82) is 0 Å². The molecule has 4 rings (SSSR count). The third kappa shape index (κ3) is 3.13. The highest BCUT2D eigenvalue weighted by Crippen LogP contribution is 2.41. The summed E-state index contributed by atoms with van der Waals surface area (Å²) in [4.78, 5) is 0.179. The van der Waals surface area contributed by atoms with Crippen molar-refractivity contribution in [1.82, 2.24) is 9.78 Å². The van der Waals surface area contributed by atoms with Crippen LogP contribution in [0.3, 0.4) is 0 Å². The number of benzene rings is 1. The minimum absolute atomic E-state index is 0.179. The lowest BCUT2D eigenvalue weighted by Gasteiger charge is -2.18. The third-order valence-electron chi connectivity index (χ3n) is 4.92. The van der Waals surface area contributed by atoms with Crippen molar-refractivity contribution in [2.24, 2.45) is 5.92 Å². The standard InChI is InChI=1S/C18H23N3O3S/c1-12(13-7-8-13)21-11-15(10-19-21)20-25(22,23)16-6-4-5-14-9-18(2,3)24-17(14)16/h4-6,10-13,20H,7-9H2,1-3H3. The molecule has 2 aliphatic rings. The number of hydrogen-bond acceptors (Lipinski definition) is 4. The average Bonchev–Trinajstić information content (AvgIpc) is 3.19. The van der Waals surface area contributed by atoms with Gasteiger partial charge in [0.25, 0.3) is 10.0 Å². The van der Waals surface area contributed by atoms with Gasteiger partial charge in [0.1, 0.15) is 16.2 Å². The molecule has 1 unspecified atom stereocenters. The molecule has 6 nitrogen and oxygen atoms in total. The van der Waals surface area contributed by atoms with Crippen molar-refractivity contribution in [2.75, 3.05) is 4.72 Å². The second kappa shape index (κ2) is 5.49. The van der Waals surface area contributed by atoms with E-state index < -0.39 is 15.6 Å². The van der Waals surface area contributed by atoms with Crippen LogP contribution in [0.5, 0.6) is 5.75 Å². The minimum Gasteiger partial charge on any atom is -0.486 e. The molecule has 0 spiro atoms. The van der Waals surface area contributed by atoms with Gasteiger partial charge >= 0.3 is 0 Å². The SMILES string of the molecule is CC(C1CC1)n1cc(NS(=O)(=O)c2cccc3c2OC(C)(C)C3)cn1. The smallest absolute Gasteiger partial charge is 0.265 e.